The summed E-state index contributed by atoms with van der Waals surface area (Å²) < 4.78 is 5.74. The first-order valence-electron chi connectivity index (χ1n) is 7.37. The number of halogens is 1. The molecular weight excluding hydrogens is 282 g/mol. The van der Waals surface area contributed by atoms with Gasteiger partial charge in [-0.25, -0.2) is 0 Å². The van der Waals surface area contributed by atoms with E-state index in [1.54, 1.807) is 0 Å². The fourth-order valence-corrected chi connectivity index (χ4v) is 3.06. The average Bonchev–Trinajstić information content (AvgIpc) is 2.92. The first-order valence-corrected chi connectivity index (χ1v) is 7.75. The number of rotatable bonds is 4. The zero-order valence-electron chi connectivity index (χ0n) is 12.4. The molecule has 1 atom stereocenters. The summed E-state index contributed by atoms with van der Waals surface area (Å²) in [6.45, 7) is 5.82. The lowest BCUT2D eigenvalue weighted by Gasteiger charge is -2.16. The third-order valence-corrected chi connectivity index (χ3v) is 4.18. The van der Waals surface area contributed by atoms with Crippen molar-refractivity contribution in [3.63, 3.8) is 0 Å². The van der Waals surface area contributed by atoms with Crippen molar-refractivity contribution >= 4 is 11.6 Å². The Hall–Kier alpha value is -1.51. The summed E-state index contributed by atoms with van der Waals surface area (Å²) >= 11 is 6.20. The Bertz CT molecular complexity index is 654. The Balaban J connectivity index is 1.73. The van der Waals surface area contributed by atoms with Gasteiger partial charge in [-0.2, -0.15) is 0 Å². The molecule has 0 spiro atoms. The van der Waals surface area contributed by atoms with Gasteiger partial charge in [-0.15, -0.1) is 0 Å². The van der Waals surface area contributed by atoms with Crippen LogP contribution in [0.3, 0.4) is 0 Å². The van der Waals surface area contributed by atoms with E-state index in [1.807, 2.05) is 12.1 Å². The van der Waals surface area contributed by atoms with Crippen LogP contribution >= 0.6 is 11.6 Å². The van der Waals surface area contributed by atoms with Gasteiger partial charge in [0, 0.05) is 29.6 Å². The molecule has 3 heteroatoms. The summed E-state index contributed by atoms with van der Waals surface area (Å²) in [5.41, 5.74) is 4.96. The van der Waals surface area contributed by atoms with Crippen molar-refractivity contribution in [2.45, 2.75) is 32.9 Å². The number of fused-ring (bicyclic) bond motifs is 1. The van der Waals surface area contributed by atoms with Gasteiger partial charge in [-0.05, 0) is 37.1 Å². The molecule has 1 N–H and O–H groups in total. The number of ether oxygens (including phenoxy) is 1. The standard InChI is InChI=1S/C18H20ClNO/c1-12-4-3-5-14(8-12)13(2)20-11-16-10-17(19)9-15-6-7-21-18(15)16/h3-5,8-10,13,20H,6-7,11H2,1-2H3/t13-/m0/s1. The fourth-order valence-electron chi connectivity index (χ4n) is 2.80. The number of benzene rings is 2. The van der Waals surface area contributed by atoms with Crippen molar-refractivity contribution in [1.29, 1.82) is 0 Å². The van der Waals surface area contributed by atoms with Gasteiger partial charge in [0.2, 0.25) is 0 Å². The minimum absolute atomic E-state index is 0.293. The first-order chi connectivity index (χ1) is 10.1. The summed E-state index contributed by atoms with van der Waals surface area (Å²) in [5.74, 6) is 1.02. The molecule has 1 aliphatic heterocycles. The molecule has 21 heavy (non-hydrogen) atoms. The van der Waals surface area contributed by atoms with Gasteiger partial charge in [0.25, 0.3) is 0 Å². The third-order valence-electron chi connectivity index (χ3n) is 3.97. The van der Waals surface area contributed by atoms with E-state index in [0.717, 1.165) is 35.9 Å². The molecule has 1 heterocycles. The van der Waals surface area contributed by atoms with Gasteiger partial charge in [-0.1, -0.05) is 41.4 Å². The molecule has 2 aromatic carbocycles. The number of aryl methyl sites for hydroxylation is 1. The molecule has 0 fully saturated rings. The van der Waals surface area contributed by atoms with Crippen LogP contribution in [0.5, 0.6) is 5.75 Å². The van der Waals surface area contributed by atoms with Crippen molar-refractivity contribution < 1.29 is 4.74 Å². The van der Waals surface area contributed by atoms with Crippen LogP contribution in [0.1, 0.15) is 35.2 Å². The summed E-state index contributed by atoms with van der Waals surface area (Å²) in [4.78, 5) is 0. The predicted octanol–water partition coefficient (Wildman–Crippen LogP) is 4.43. The molecule has 0 aliphatic carbocycles. The topological polar surface area (TPSA) is 21.3 Å². The summed E-state index contributed by atoms with van der Waals surface area (Å²) in [6.07, 6.45) is 0.955. The van der Waals surface area contributed by atoms with E-state index in [1.165, 1.54) is 16.7 Å². The van der Waals surface area contributed by atoms with Gasteiger partial charge in [-0.3, -0.25) is 0 Å². The Morgan fingerprint density at radius 3 is 2.95 bits per heavy atom. The van der Waals surface area contributed by atoms with E-state index < -0.39 is 0 Å². The van der Waals surface area contributed by atoms with Gasteiger partial charge < -0.3 is 10.1 Å². The number of hydrogen-bond donors (Lipinski definition) is 1. The highest BCUT2D eigenvalue weighted by Gasteiger charge is 2.18. The average molecular weight is 302 g/mol. The molecule has 0 unspecified atom stereocenters. The molecule has 0 aromatic heterocycles. The van der Waals surface area contributed by atoms with Gasteiger partial charge in [0.15, 0.2) is 0 Å². The predicted molar refractivity (Wildman–Crippen MR) is 87.1 cm³/mol. The van der Waals surface area contributed by atoms with Crippen LogP contribution in [0.25, 0.3) is 0 Å². The van der Waals surface area contributed by atoms with Crippen LogP contribution in [0.15, 0.2) is 36.4 Å². The van der Waals surface area contributed by atoms with Crippen molar-refractivity contribution in [2.75, 3.05) is 6.61 Å². The molecule has 3 rings (SSSR count). The second-order valence-electron chi connectivity index (χ2n) is 5.67. The first kappa shape index (κ1) is 14.4. The molecule has 1 aliphatic rings. The van der Waals surface area contributed by atoms with Crippen LogP contribution in [-0.2, 0) is 13.0 Å². The monoisotopic (exact) mass is 301 g/mol. The molecule has 2 aromatic rings. The molecule has 0 radical (unpaired) electrons. The minimum Gasteiger partial charge on any atom is -0.493 e. The van der Waals surface area contributed by atoms with Crippen LogP contribution in [0, 0.1) is 6.92 Å². The van der Waals surface area contributed by atoms with Crippen molar-refractivity contribution in [1.82, 2.24) is 5.32 Å². The molecule has 0 amide bonds. The largest absolute Gasteiger partial charge is 0.493 e. The van der Waals surface area contributed by atoms with Crippen molar-refractivity contribution in [2.24, 2.45) is 0 Å². The van der Waals surface area contributed by atoms with Crippen molar-refractivity contribution in [3.8, 4) is 5.75 Å². The second kappa shape index (κ2) is 6.08. The smallest absolute Gasteiger partial charge is 0.127 e. The zero-order chi connectivity index (χ0) is 14.8. The molecule has 110 valence electrons. The quantitative estimate of drug-likeness (QED) is 0.902. The Kier molecular flexibility index (Phi) is 4.18. The van der Waals surface area contributed by atoms with E-state index in [-0.39, 0.29) is 0 Å². The fraction of sp³-hybridized carbons (Fsp3) is 0.333. The molecular formula is C18H20ClNO. The lowest BCUT2D eigenvalue weighted by molar-refractivity contribution is 0.351. The maximum absolute atomic E-state index is 6.20. The number of hydrogen-bond acceptors (Lipinski definition) is 2. The van der Waals surface area contributed by atoms with E-state index in [4.69, 9.17) is 16.3 Å². The Morgan fingerprint density at radius 1 is 1.29 bits per heavy atom. The third kappa shape index (κ3) is 3.22. The summed E-state index contributed by atoms with van der Waals surface area (Å²) in [6, 6.07) is 12.9. The normalized spacial score (nSPS) is 14.6. The number of nitrogens with one attached hydrogen (secondary N) is 1. The maximum Gasteiger partial charge on any atom is 0.127 e. The highest BCUT2D eigenvalue weighted by atomic mass is 35.5. The minimum atomic E-state index is 0.293. The lowest BCUT2D eigenvalue weighted by Crippen LogP contribution is -2.18. The van der Waals surface area contributed by atoms with E-state index in [0.29, 0.717) is 6.04 Å². The Labute approximate surface area is 131 Å². The summed E-state index contributed by atoms with van der Waals surface area (Å²) in [7, 11) is 0. The molecule has 0 saturated heterocycles. The van der Waals surface area contributed by atoms with Gasteiger partial charge in [0.1, 0.15) is 5.75 Å². The van der Waals surface area contributed by atoms with Crippen LogP contribution in [-0.4, -0.2) is 6.61 Å². The van der Waals surface area contributed by atoms with E-state index in [2.05, 4.69) is 43.4 Å². The zero-order valence-corrected chi connectivity index (χ0v) is 13.2. The van der Waals surface area contributed by atoms with Crippen molar-refractivity contribution in [3.05, 3.63) is 63.7 Å². The van der Waals surface area contributed by atoms with Crippen LogP contribution in [0.2, 0.25) is 5.02 Å². The van der Waals surface area contributed by atoms with Gasteiger partial charge in [0.05, 0.1) is 6.61 Å². The second-order valence-corrected chi connectivity index (χ2v) is 6.10. The van der Waals surface area contributed by atoms with Crippen LogP contribution < -0.4 is 10.1 Å². The van der Waals surface area contributed by atoms with Gasteiger partial charge >= 0.3 is 0 Å². The molecule has 2 nitrogen and oxygen atoms in total. The maximum atomic E-state index is 6.20. The summed E-state index contributed by atoms with van der Waals surface area (Å²) in [5, 5.41) is 4.35. The van der Waals surface area contributed by atoms with E-state index >= 15 is 0 Å². The van der Waals surface area contributed by atoms with Crippen LogP contribution in [0.4, 0.5) is 0 Å². The SMILES string of the molecule is Cc1cccc([C@H](C)NCc2cc(Cl)cc3c2OCC3)c1. The highest BCUT2D eigenvalue weighted by Crippen LogP contribution is 2.33. The Morgan fingerprint density at radius 2 is 2.14 bits per heavy atom. The lowest BCUT2D eigenvalue weighted by atomic mass is 10.0. The molecule has 0 bridgehead atoms. The molecule has 0 saturated carbocycles. The van der Waals surface area contributed by atoms with E-state index in [9.17, 15) is 0 Å². The highest BCUT2D eigenvalue weighted by molar-refractivity contribution is 6.30.